The Kier molecular flexibility index (Phi) is 3.63. The molecule has 0 radical (unpaired) electrons. The van der Waals surface area contributed by atoms with E-state index in [2.05, 4.69) is 14.9 Å². The summed E-state index contributed by atoms with van der Waals surface area (Å²) in [7, 11) is 0. The van der Waals surface area contributed by atoms with Crippen LogP contribution in [0.3, 0.4) is 0 Å². The normalized spacial score (nSPS) is 10.1. The molecule has 0 bridgehead atoms. The van der Waals surface area contributed by atoms with Gasteiger partial charge in [0.2, 0.25) is 0 Å². The summed E-state index contributed by atoms with van der Waals surface area (Å²) in [6.45, 7) is 1.74. The summed E-state index contributed by atoms with van der Waals surface area (Å²) < 4.78 is 3.72. The third kappa shape index (κ3) is 2.69. The molecule has 1 heterocycles. The van der Waals surface area contributed by atoms with E-state index in [1.54, 1.807) is 31.2 Å². The molecule has 92 valence electrons. The van der Waals surface area contributed by atoms with Gasteiger partial charge in [0.25, 0.3) is 5.91 Å². The fourth-order valence-corrected chi connectivity index (χ4v) is 2.03. The minimum Gasteiger partial charge on any atom is -0.389 e. The number of anilines is 1. The largest absolute Gasteiger partial charge is 0.389 e. The highest BCUT2D eigenvalue weighted by Gasteiger charge is 2.13. The minimum atomic E-state index is -0.217. The maximum atomic E-state index is 11.9. The van der Waals surface area contributed by atoms with Crippen LogP contribution in [0, 0.1) is 6.92 Å². The number of nitrogens with one attached hydrogen (secondary N) is 1. The van der Waals surface area contributed by atoms with Gasteiger partial charge in [-0.1, -0.05) is 16.7 Å². The van der Waals surface area contributed by atoms with Gasteiger partial charge in [0, 0.05) is 11.3 Å². The summed E-state index contributed by atoms with van der Waals surface area (Å²) in [6, 6.07) is 7.01. The number of rotatable bonds is 3. The summed E-state index contributed by atoms with van der Waals surface area (Å²) in [5.41, 5.74) is 7.55. The van der Waals surface area contributed by atoms with Crippen molar-refractivity contribution in [3.8, 4) is 0 Å². The Hall–Kier alpha value is -1.86. The molecule has 3 N–H and O–H groups in total. The van der Waals surface area contributed by atoms with Crippen LogP contribution in [0.15, 0.2) is 24.3 Å². The molecule has 1 aromatic carbocycles. The highest BCUT2D eigenvalue weighted by Crippen LogP contribution is 2.14. The first kappa shape index (κ1) is 12.6. The number of amides is 1. The number of hydrogen-bond acceptors (Lipinski definition) is 5. The van der Waals surface area contributed by atoms with Gasteiger partial charge in [-0.15, -0.1) is 5.10 Å². The average Bonchev–Trinajstić information content (AvgIpc) is 2.76. The number of aryl methyl sites for hydroxylation is 1. The Bertz CT molecular complexity index is 591. The molecule has 0 saturated heterocycles. The predicted octanol–water partition coefficient (Wildman–Crippen LogP) is 1.73. The number of carbonyl (C=O) groups is 1. The fraction of sp³-hybridized carbons (Fsp3) is 0.0909. The molecule has 1 amide bonds. The number of carbonyl (C=O) groups excluding carboxylic acids is 1. The van der Waals surface area contributed by atoms with Crippen molar-refractivity contribution in [2.45, 2.75) is 6.92 Å². The van der Waals surface area contributed by atoms with Crippen LogP contribution in [0.2, 0.25) is 0 Å². The second-order valence-corrected chi connectivity index (χ2v) is 4.78. The van der Waals surface area contributed by atoms with Crippen molar-refractivity contribution in [2.75, 3.05) is 5.32 Å². The first-order chi connectivity index (χ1) is 8.58. The third-order valence-electron chi connectivity index (χ3n) is 2.29. The van der Waals surface area contributed by atoms with E-state index in [9.17, 15) is 4.79 Å². The first-order valence-corrected chi connectivity index (χ1v) is 6.26. The maximum absolute atomic E-state index is 11.9. The van der Waals surface area contributed by atoms with Crippen molar-refractivity contribution in [3.63, 3.8) is 0 Å². The molecular weight excluding hydrogens is 268 g/mol. The lowest BCUT2D eigenvalue weighted by Gasteiger charge is -2.04. The van der Waals surface area contributed by atoms with Crippen molar-refractivity contribution in [2.24, 2.45) is 5.73 Å². The molecule has 0 aliphatic heterocycles. The number of nitrogens with two attached hydrogens (primary N) is 1. The zero-order valence-electron chi connectivity index (χ0n) is 9.51. The fourth-order valence-electron chi connectivity index (χ4n) is 1.35. The van der Waals surface area contributed by atoms with E-state index in [1.807, 2.05) is 0 Å². The van der Waals surface area contributed by atoms with Gasteiger partial charge in [-0.2, -0.15) is 0 Å². The molecule has 18 heavy (non-hydrogen) atoms. The molecule has 0 aliphatic rings. The zero-order valence-corrected chi connectivity index (χ0v) is 11.1. The molecule has 0 aliphatic carbocycles. The summed E-state index contributed by atoms with van der Waals surface area (Å²) in [5.74, 6) is -0.217. The monoisotopic (exact) mass is 278 g/mol. The van der Waals surface area contributed by atoms with Crippen molar-refractivity contribution in [1.29, 1.82) is 0 Å². The second-order valence-electron chi connectivity index (χ2n) is 3.58. The van der Waals surface area contributed by atoms with E-state index in [1.165, 1.54) is 0 Å². The van der Waals surface area contributed by atoms with Gasteiger partial charge in [-0.3, -0.25) is 4.79 Å². The Morgan fingerprint density at radius 2 is 2.06 bits per heavy atom. The second kappa shape index (κ2) is 5.19. The van der Waals surface area contributed by atoms with Gasteiger partial charge in [0.15, 0.2) is 0 Å². The molecular formula is C11H10N4OS2. The molecule has 5 nitrogen and oxygen atoms in total. The van der Waals surface area contributed by atoms with E-state index in [-0.39, 0.29) is 5.91 Å². The highest BCUT2D eigenvalue weighted by molar-refractivity contribution is 7.80. The van der Waals surface area contributed by atoms with Gasteiger partial charge >= 0.3 is 0 Å². The Balaban J connectivity index is 2.13. The van der Waals surface area contributed by atoms with Crippen molar-refractivity contribution in [3.05, 3.63) is 40.4 Å². The van der Waals surface area contributed by atoms with E-state index in [0.717, 1.165) is 17.1 Å². The molecule has 2 aromatic rings. The van der Waals surface area contributed by atoms with E-state index in [0.29, 0.717) is 21.2 Å². The van der Waals surface area contributed by atoms with Gasteiger partial charge in [0.1, 0.15) is 9.87 Å². The molecule has 7 heteroatoms. The van der Waals surface area contributed by atoms with Crippen LogP contribution < -0.4 is 11.1 Å². The standard InChI is InChI=1S/C11H10N4OS2/c1-6-9(18-15-14-6)11(16)13-8-4-2-7(3-5-8)10(12)17/h2-5H,1H3,(H2,12,17)(H,13,16). The van der Waals surface area contributed by atoms with E-state index in [4.69, 9.17) is 18.0 Å². The quantitative estimate of drug-likeness (QED) is 0.836. The van der Waals surface area contributed by atoms with E-state index >= 15 is 0 Å². The molecule has 0 fully saturated rings. The lowest BCUT2D eigenvalue weighted by atomic mass is 10.2. The van der Waals surface area contributed by atoms with Crippen LogP contribution in [-0.4, -0.2) is 20.5 Å². The predicted molar refractivity (Wildman–Crippen MR) is 74.9 cm³/mol. The van der Waals surface area contributed by atoms with Crippen LogP contribution in [0.5, 0.6) is 0 Å². The third-order valence-corrected chi connectivity index (χ3v) is 3.35. The van der Waals surface area contributed by atoms with Crippen LogP contribution in [0.1, 0.15) is 20.9 Å². The number of thiocarbonyl (C=S) groups is 1. The van der Waals surface area contributed by atoms with Gasteiger partial charge in [-0.05, 0) is 42.7 Å². The van der Waals surface area contributed by atoms with Crippen LogP contribution in [0.25, 0.3) is 0 Å². The molecule has 2 rings (SSSR count). The summed E-state index contributed by atoms with van der Waals surface area (Å²) in [6.07, 6.45) is 0. The van der Waals surface area contributed by atoms with Crippen molar-refractivity contribution in [1.82, 2.24) is 9.59 Å². The molecule has 0 saturated carbocycles. The van der Waals surface area contributed by atoms with Crippen LogP contribution in [0.4, 0.5) is 5.69 Å². The Morgan fingerprint density at radius 1 is 1.39 bits per heavy atom. The van der Waals surface area contributed by atoms with Crippen LogP contribution in [-0.2, 0) is 0 Å². The van der Waals surface area contributed by atoms with Crippen LogP contribution >= 0.6 is 23.8 Å². The number of benzene rings is 1. The van der Waals surface area contributed by atoms with Gasteiger partial charge in [0.05, 0.1) is 5.69 Å². The van der Waals surface area contributed by atoms with Crippen molar-refractivity contribution < 1.29 is 4.79 Å². The Morgan fingerprint density at radius 3 is 2.56 bits per heavy atom. The molecule has 0 atom stereocenters. The topological polar surface area (TPSA) is 80.9 Å². The Labute approximate surface area is 113 Å². The number of nitrogens with zero attached hydrogens (tertiary/aromatic N) is 2. The maximum Gasteiger partial charge on any atom is 0.269 e. The SMILES string of the molecule is Cc1nnsc1C(=O)Nc1ccc(C(N)=S)cc1. The van der Waals surface area contributed by atoms with Crippen molar-refractivity contribution >= 4 is 40.3 Å². The lowest BCUT2D eigenvalue weighted by molar-refractivity contribution is 0.103. The number of aromatic nitrogens is 2. The minimum absolute atomic E-state index is 0.217. The molecule has 0 spiro atoms. The average molecular weight is 278 g/mol. The first-order valence-electron chi connectivity index (χ1n) is 5.08. The zero-order chi connectivity index (χ0) is 13.1. The smallest absolute Gasteiger partial charge is 0.269 e. The van der Waals surface area contributed by atoms with Gasteiger partial charge < -0.3 is 11.1 Å². The van der Waals surface area contributed by atoms with Gasteiger partial charge in [-0.25, -0.2) is 0 Å². The van der Waals surface area contributed by atoms with E-state index < -0.39 is 0 Å². The summed E-state index contributed by atoms with van der Waals surface area (Å²) >= 11 is 5.92. The lowest BCUT2D eigenvalue weighted by Crippen LogP contribution is -2.12. The summed E-state index contributed by atoms with van der Waals surface area (Å²) in [5, 5.41) is 6.55. The molecule has 1 aromatic heterocycles. The number of hydrogen-bond donors (Lipinski definition) is 2. The highest BCUT2D eigenvalue weighted by atomic mass is 32.1. The molecule has 0 unspecified atom stereocenters. The summed E-state index contributed by atoms with van der Waals surface area (Å²) in [4.78, 5) is 12.7.